The SMILES string of the molecule is CCS(=O)(=O)c1ccc([C@H](CO)NC(=O)c2ccc(N3C(=O)N(Cc4ccc(C(F)(F)F)cc4)CC[C@H]3COC)cc2)cc1. The summed E-state index contributed by atoms with van der Waals surface area (Å²) in [7, 11) is -1.86. The molecular weight excluding hydrogens is 599 g/mol. The molecule has 3 aromatic rings. The number of carbonyl (C=O) groups is 2. The number of rotatable bonds is 11. The quantitative estimate of drug-likeness (QED) is 0.313. The Morgan fingerprint density at radius 1 is 1.05 bits per heavy atom. The maximum atomic E-state index is 13.6. The van der Waals surface area contributed by atoms with Crippen LogP contribution in [0.15, 0.2) is 77.7 Å². The monoisotopic (exact) mass is 633 g/mol. The zero-order chi connectivity index (χ0) is 32.1. The Morgan fingerprint density at radius 3 is 2.23 bits per heavy atom. The highest BCUT2D eigenvalue weighted by atomic mass is 32.2. The number of hydrogen-bond acceptors (Lipinski definition) is 6. The molecule has 0 aromatic heterocycles. The van der Waals surface area contributed by atoms with Crippen molar-refractivity contribution in [3.63, 3.8) is 0 Å². The smallest absolute Gasteiger partial charge is 0.394 e. The topological polar surface area (TPSA) is 116 Å². The summed E-state index contributed by atoms with van der Waals surface area (Å²) in [6, 6.07) is 15.6. The highest BCUT2D eigenvalue weighted by molar-refractivity contribution is 7.91. The van der Waals surface area contributed by atoms with Gasteiger partial charge in [-0.15, -0.1) is 0 Å². The van der Waals surface area contributed by atoms with Crippen molar-refractivity contribution in [1.82, 2.24) is 10.2 Å². The molecule has 1 saturated heterocycles. The van der Waals surface area contributed by atoms with Crippen LogP contribution in [0.4, 0.5) is 23.7 Å². The number of halogens is 3. The van der Waals surface area contributed by atoms with Gasteiger partial charge in [-0.3, -0.25) is 9.69 Å². The second-order valence-corrected chi connectivity index (χ2v) is 12.7. The van der Waals surface area contributed by atoms with Crippen molar-refractivity contribution in [3.05, 3.63) is 95.1 Å². The highest BCUT2D eigenvalue weighted by Crippen LogP contribution is 2.30. The van der Waals surface area contributed by atoms with Crippen LogP contribution >= 0.6 is 0 Å². The average Bonchev–Trinajstić information content (AvgIpc) is 3.01. The number of aliphatic hydroxyl groups excluding tert-OH is 1. The summed E-state index contributed by atoms with van der Waals surface area (Å²) in [5.74, 6) is -0.530. The van der Waals surface area contributed by atoms with Crippen LogP contribution in [0.25, 0.3) is 0 Å². The van der Waals surface area contributed by atoms with Gasteiger partial charge in [0.25, 0.3) is 5.91 Å². The molecule has 44 heavy (non-hydrogen) atoms. The van der Waals surface area contributed by atoms with Gasteiger partial charge in [0, 0.05) is 31.5 Å². The molecule has 0 aliphatic carbocycles. The molecule has 9 nitrogen and oxygen atoms in total. The summed E-state index contributed by atoms with van der Waals surface area (Å²) in [5.41, 5.74) is 1.11. The summed E-state index contributed by atoms with van der Waals surface area (Å²) in [5, 5.41) is 12.6. The van der Waals surface area contributed by atoms with Gasteiger partial charge in [-0.25, -0.2) is 13.2 Å². The second kappa shape index (κ2) is 13.8. The number of anilines is 1. The molecule has 1 aliphatic rings. The van der Waals surface area contributed by atoms with E-state index in [-0.39, 0.29) is 41.4 Å². The third-order valence-electron chi connectivity index (χ3n) is 7.50. The standard InChI is InChI=1S/C31H34F3N3O6S/c1-3-44(41,42)27-14-8-22(9-15-27)28(19-38)35-29(39)23-6-12-25(13-7-23)37-26(20-43-2)16-17-36(30(37)40)18-21-4-10-24(11-5-21)31(32,33)34/h4-15,26,28,38H,3,16-20H2,1-2H3,(H,35,39)/t26-,28-/m0/s1. The molecule has 2 N–H and O–H groups in total. The van der Waals surface area contributed by atoms with Crippen molar-refractivity contribution in [2.75, 3.05) is 37.5 Å². The first-order chi connectivity index (χ1) is 20.9. The van der Waals surface area contributed by atoms with Crippen LogP contribution in [0.1, 0.15) is 46.4 Å². The van der Waals surface area contributed by atoms with Crippen molar-refractivity contribution in [1.29, 1.82) is 0 Å². The predicted molar refractivity (Wildman–Crippen MR) is 158 cm³/mol. The fourth-order valence-electron chi connectivity index (χ4n) is 5.00. The van der Waals surface area contributed by atoms with Crippen molar-refractivity contribution >= 4 is 27.5 Å². The first-order valence-corrected chi connectivity index (χ1v) is 15.6. The van der Waals surface area contributed by atoms with Crippen molar-refractivity contribution < 1.29 is 41.0 Å². The van der Waals surface area contributed by atoms with Crippen LogP contribution in [-0.2, 0) is 27.3 Å². The van der Waals surface area contributed by atoms with Gasteiger partial charge in [0.2, 0.25) is 0 Å². The first kappa shape index (κ1) is 33.0. The Morgan fingerprint density at radius 2 is 1.68 bits per heavy atom. The number of methoxy groups -OCH3 is 1. The summed E-state index contributed by atoms with van der Waals surface area (Å²) in [6.45, 7) is 1.90. The van der Waals surface area contributed by atoms with E-state index in [1.165, 1.54) is 31.4 Å². The number of carbonyl (C=O) groups excluding carboxylic acids is 2. The molecule has 0 spiro atoms. The minimum Gasteiger partial charge on any atom is -0.394 e. The van der Waals surface area contributed by atoms with E-state index < -0.39 is 40.1 Å². The third kappa shape index (κ3) is 7.58. The average molecular weight is 634 g/mol. The lowest BCUT2D eigenvalue weighted by Gasteiger charge is -2.41. The largest absolute Gasteiger partial charge is 0.416 e. The molecule has 13 heteroatoms. The number of benzene rings is 3. The van der Waals surface area contributed by atoms with Gasteiger partial charge in [-0.2, -0.15) is 13.2 Å². The molecule has 1 heterocycles. The second-order valence-electron chi connectivity index (χ2n) is 10.4. The molecule has 236 valence electrons. The number of urea groups is 1. The Hall–Kier alpha value is -3.94. The maximum absolute atomic E-state index is 13.6. The van der Waals surface area contributed by atoms with E-state index in [0.29, 0.717) is 29.8 Å². The zero-order valence-electron chi connectivity index (χ0n) is 24.3. The van der Waals surface area contributed by atoms with Crippen LogP contribution in [0.2, 0.25) is 0 Å². The van der Waals surface area contributed by atoms with Gasteiger partial charge >= 0.3 is 12.2 Å². The van der Waals surface area contributed by atoms with Crippen molar-refractivity contribution in [2.24, 2.45) is 0 Å². The van der Waals surface area contributed by atoms with Gasteiger partial charge < -0.3 is 20.1 Å². The number of sulfone groups is 1. The van der Waals surface area contributed by atoms with Gasteiger partial charge in [-0.05, 0) is 66.1 Å². The zero-order valence-corrected chi connectivity index (χ0v) is 25.1. The molecule has 3 amide bonds. The number of alkyl halides is 3. The summed E-state index contributed by atoms with van der Waals surface area (Å²) >= 11 is 0. The number of nitrogens with zero attached hydrogens (tertiary/aromatic N) is 2. The summed E-state index contributed by atoms with van der Waals surface area (Å²) in [6.07, 6.45) is -3.89. The van der Waals surface area contributed by atoms with E-state index in [0.717, 1.165) is 12.1 Å². The Kier molecular flexibility index (Phi) is 10.3. The number of ether oxygens (including phenoxy) is 1. The van der Waals surface area contributed by atoms with Crippen molar-refractivity contribution in [2.45, 2.75) is 43.0 Å². The van der Waals surface area contributed by atoms with Gasteiger partial charge in [-0.1, -0.05) is 31.2 Å². The lowest BCUT2D eigenvalue weighted by atomic mass is 10.1. The van der Waals surface area contributed by atoms with Crippen LogP contribution in [0, 0.1) is 0 Å². The number of nitrogens with one attached hydrogen (secondary N) is 1. The third-order valence-corrected chi connectivity index (χ3v) is 9.26. The Bertz CT molecular complexity index is 1550. The van der Waals surface area contributed by atoms with Crippen LogP contribution < -0.4 is 10.2 Å². The van der Waals surface area contributed by atoms with E-state index in [4.69, 9.17) is 4.74 Å². The summed E-state index contributed by atoms with van der Waals surface area (Å²) in [4.78, 5) is 29.9. The highest BCUT2D eigenvalue weighted by Gasteiger charge is 2.35. The molecule has 2 atom stereocenters. The molecule has 1 aliphatic heterocycles. The lowest BCUT2D eigenvalue weighted by molar-refractivity contribution is -0.137. The Balaban J connectivity index is 1.47. The minimum atomic E-state index is -4.45. The van der Waals surface area contributed by atoms with E-state index >= 15 is 0 Å². The minimum absolute atomic E-state index is 0.0467. The van der Waals surface area contributed by atoms with E-state index in [9.17, 15) is 36.3 Å². The lowest BCUT2D eigenvalue weighted by Crippen LogP contribution is -2.55. The molecule has 1 fully saturated rings. The number of amides is 3. The van der Waals surface area contributed by atoms with Gasteiger partial charge in [0.15, 0.2) is 9.84 Å². The van der Waals surface area contributed by atoms with Crippen molar-refractivity contribution in [3.8, 4) is 0 Å². The van der Waals surface area contributed by atoms with Crippen LogP contribution in [0.5, 0.6) is 0 Å². The fourth-order valence-corrected chi connectivity index (χ4v) is 5.88. The van der Waals surface area contributed by atoms with Gasteiger partial charge in [0.05, 0.1) is 41.5 Å². The summed E-state index contributed by atoms with van der Waals surface area (Å²) < 4.78 is 68.4. The van der Waals surface area contributed by atoms with E-state index in [2.05, 4.69) is 5.32 Å². The number of aliphatic hydroxyl groups is 1. The van der Waals surface area contributed by atoms with Gasteiger partial charge in [0.1, 0.15) is 0 Å². The molecule has 3 aromatic carbocycles. The first-order valence-electron chi connectivity index (χ1n) is 14.0. The Labute approximate surface area is 254 Å². The number of hydrogen-bond donors (Lipinski definition) is 2. The predicted octanol–water partition coefficient (Wildman–Crippen LogP) is 4.81. The maximum Gasteiger partial charge on any atom is 0.416 e. The van der Waals surface area contributed by atoms with Crippen LogP contribution in [0.3, 0.4) is 0 Å². The molecule has 0 bridgehead atoms. The molecule has 0 unspecified atom stereocenters. The normalized spacial score (nSPS) is 16.6. The van der Waals surface area contributed by atoms with E-state index in [1.807, 2.05) is 0 Å². The van der Waals surface area contributed by atoms with Crippen LogP contribution in [-0.4, -0.2) is 69.0 Å². The molecular formula is C31H34F3N3O6S. The van der Waals surface area contributed by atoms with E-state index in [1.54, 1.807) is 53.1 Å². The molecule has 4 rings (SSSR count). The molecule has 0 saturated carbocycles. The molecule has 0 radical (unpaired) electrons. The fraction of sp³-hybridized carbons (Fsp3) is 0.355.